The van der Waals surface area contributed by atoms with E-state index >= 15 is 0 Å². The SMILES string of the molecule is CCCNC(c1ccccc1)C(CC)N(CC)CCC. The van der Waals surface area contributed by atoms with Gasteiger partial charge < -0.3 is 5.32 Å². The van der Waals surface area contributed by atoms with Gasteiger partial charge in [0.1, 0.15) is 0 Å². The summed E-state index contributed by atoms with van der Waals surface area (Å²) in [5.74, 6) is 0. The summed E-state index contributed by atoms with van der Waals surface area (Å²) in [4.78, 5) is 2.63. The van der Waals surface area contributed by atoms with Crippen LogP contribution in [0.2, 0.25) is 0 Å². The second kappa shape index (κ2) is 9.95. The van der Waals surface area contributed by atoms with Crippen LogP contribution in [0, 0.1) is 0 Å². The van der Waals surface area contributed by atoms with E-state index in [0.29, 0.717) is 12.1 Å². The molecule has 114 valence electrons. The third kappa shape index (κ3) is 4.92. The highest BCUT2D eigenvalue weighted by molar-refractivity contribution is 5.20. The molecule has 1 aromatic rings. The molecule has 0 saturated heterocycles. The zero-order valence-corrected chi connectivity index (χ0v) is 13.7. The highest BCUT2D eigenvalue weighted by Gasteiger charge is 2.25. The number of nitrogens with zero attached hydrogens (tertiary/aromatic N) is 1. The van der Waals surface area contributed by atoms with Gasteiger partial charge in [0.15, 0.2) is 0 Å². The van der Waals surface area contributed by atoms with E-state index in [1.807, 2.05) is 0 Å². The molecule has 0 aliphatic heterocycles. The van der Waals surface area contributed by atoms with Gasteiger partial charge in [-0.25, -0.2) is 0 Å². The molecule has 0 radical (unpaired) electrons. The summed E-state index contributed by atoms with van der Waals surface area (Å²) < 4.78 is 0. The number of hydrogen-bond acceptors (Lipinski definition) is 2. The molecule has 2 heteroatoms. The van der Waals surface area contributed by atoms with Crippen LogP contribution < -0.4 is 5.32 Å². The van der Waals surface area contributed by atoms with Crippen molar-refractivity contribution in [3.05, 3.63) is 35.9 Å². The molecule has 0 spiro atoms. The van der Waals surface area contributed by atoms with E-state index in [1.54, 1.807) is 0 Å². The normalized spacial score (nSPS) is 14.4. The lowest BCUT2D eigenvalue weighted by Gasteiger charge is -2.37. The van der Waals surface area contributed by atoms with Gasteiger partial charge in [0.25, 0.3) is 0 Å². The minimum Gasteiger partial charge on any atom is -0.309 e. The van der Waals surface area contributed by atoms with E-state index < -0.39 is 0 Å². The monoisotopic (exact) mass is 276 g/mol. The topological polar surface area (TPSA) is 15.3 Å². The summed E-state index contributed by atoms with van der Waals surface area (Å²) in [6.07, 6.45) is 3.59. The van der Waals surface area contributed by atoms with Crippen molar-refractivity contribution in [2.24, 2.45) is 0 Å². The summed E-state index contributed by atoms with van der Waals surface area (Å²) in [7, 11) is 0. The summed E-state index contributed by atoms with van der Waals surface area (Å²) in [5, 5.41) is 3.77. The minimum absolute atomic E-state index is 0.438. The molecule has 1 N–H and O–H groups in total. The van der Waals surface area contributed by atoms with Crippen molar-refractivity contribution in [1.29, 1.82) is 0 Å². The van der Waals surface area contributed by atoms with E-state index in [4.69, 9.17) is 0 Å². The van der Waals surface area contributed by atoms with E-state index in [0.717, 1.165) is 13.1 Å². The first-order chi connectivity index (χ1) is 9.78. The van der Waals surface area contributed by atoms with Gasteiger partial charge in [0, 0.05) is 12.1 Å². The van der Waals surface area contributed by atoms with E-state index in [2.05, 4.69) is 68.2 Å². The third-order valence-corrected chi connectivity index (χ3v) is 3.96. The largest absolute Gasteiger partial charge is 0.309 e. The summed E-state index contributed by atoms with van der Waals surface area (Å²) in [6, 6.07) is 11.9. The van der Waals surface area contributed by atoms with Crippen molar-refractivity contribution < 1.29 is 0 Å². The fourth-order valence-corrected chi connectivity index (χ4v) is 2.99. The molecule has 1 rings (SSSR count). The number of likely N-dealkylation sites (N-methyl/N-ethyl adjacent to an activating group) is 1. The number of rotatable bonds is 10. The van der Waals surface area contributed by atoms with Crippen molar-refractivity contribution in [3.63, 3.8) is 0 Å². The maximum atomic E-state index is 3.77. The molecule has 0 aromatic heterocycles. The molecule has 2 atom stereocenters. The zero-order valence-electron chi connectivity index (χ0n) is 13.7. The average Bonchev–Trinajstić information content (AvgIpc) is 2.50. The van der Waals surface area contributed by atoms with Crippen LogP contribution >= 0.6 is 0 Å². The van der Waals surface area contributed by atoms with Crippen LogP contribution in [0.3, 0.4) is 0 Å². The molecule has 0 bridgehead atoms. The molecule has 1 aromatic carbocycles. The van der Waals surface area contributed by atoms with E-state index in [1.165, 1.54) is 31.4 Å². The first-order valence-electron chi connectivity index (χ1n) is 8.30. The highest BCUT2D eigenvalue weighted by atomic mass is 15.2. The van der Waals surface area contributed by atoms with Gasteiger partial charge in [-0.05, 0) is 44.5 Å². The molecule has 0 amide bonds. The van der Waals surface area contributed by atoms with Gasteiger partial charge in [-0.15, -0.1) is 0 Å². The molecule has 20 heavy (non-hydrogen) atoms. The standard InChI is InChI=1S/C18H32N2/c1-5-14-19-18(16-12-10-9-11-13-16)17(7-3)20(8-4)15-6-2/h9-13,17-19H,5-8,14-15H2,1-4H3. The van der Waals surface area contributed by atoms with Crippen LogP contribution in [0.15, 0.2) is 30.3 Å². The van der Waals surface area contributed by atoms with Gasteiger partial charge in [-0.1, -0.05) is 58.0 Å². The van der Waals surface area contributed by atoms with Crippen molar-refractivity contribution in [2.75, 3.05) is 19.6 Å². The van der Waals surface area contributed by atoms with Gasteiger partial charge in [-0.2, -0.15) is 0 Å². The van der Waals surface area contributed by atoms with Gasteiger partial charge in [0.2, 0.25) is 0 Å². The molecular weight excluding hydrogens is 244 g/mol. The minimum atomic E-state index is 0.438. The molecule has 0 aliphatic rings. The van der Waals surface area contributed by atoms with Gasteiger partial charge in [-0.3, -0.25) is 4.90 Å². The van der Waals surface area contributed by atoms with Crippen molar-refractivity contribution in [1.82, 2.24) is 10.2 Å². The summed E-state index contributed by atoms with van der Waals surface area (Å²) in [6.45, 7) is 12.5. The van der Waals surface area contributed by atoms with E-state index in [-0.39, 0.29) is 0 Å². The summed E-state index contributed by atoms with van der Waals surface area (Å²) >= 11 is 0. The first-order valence-corrected chi connectivity index (χ1v) is 8.30. The molecule has 2 unspecified atom stereocenters. The second-order valence-electron chi connectivity index (χ2n) is 5.45. The van der Waals surface area contributed by atoms with Crippen molar-refractivity contribution in [3.8, 4) is 0 Å². The molecule has 0 fully saturated rings. The van der Waals surface area contributed by atoms with Gasteiger partial charge >= 0.3 is 0 Å². The molecule has 0 heterocycles. The quantitative estimate of drug-likeness (QED) is 0.687. The zero-order chi connectivity index (χ0) is 14.8. The Labute approximate surface area is 125 Å². The van der Waals surface area contributed by atoms with Crippen molar-refractivity contribution >= 4 is 0 Å². The second-order valence-corrected chi connectivity index (χ2v) is 5.45. The average molecular weight is 276 g/mol. The Morgan fingerprint density at radius 2 is 1.70 bits per heavy atom. The number of nitrogens with one attached hydrogen (secondary N) is 1. The van der Waals surface area contributed by atoms with Crippen LogP contribution in [-0.2, 0) is 0 Å². The van der Waals surface area contributed by atoms with Crippen molar-refractivity contribution in [2.45, 2.75) is 59.0 Å². The van der Waals surface area contributed by atoms with Gasteiger partial charge in [0.05, 0.1) is 0 Å². The Morgan fingerprint density at radius 3 is 2.20 bits per heavy atom. The predicted octanol–water partition coefficient (Wildman–Crippen LogP) is 4.24. The molecular formula is C18H32N2. The maximum Gasteiger partial charge on any atom is 0.0478 e. The van der Waals surface area contributed by atoms with Crippen LogP contribution in [0.25, 0.3) is 0 Å². The molecule has 0 saturated carbocycles. The molecule has 0 aliphatic carbocycles. The fraction of sp³-hybridized carbons (Fsp3) is 0.667. The lowest BCUT2D eigenvalue weighted by Crippen LogP contribution is -2.45. The Kier molecular flexibility index (Phi) is 8.56. The van der Waals surface area contributed by atoms with E-state index in [9.17, 15) is 0 Å². The Hall–Kier alpha value is -0.860. The smallest absolute Gasteiger partial charge is 0.0478 e. The maximum absolute atomic E-state index is 3.77. The van der Waals surface area contributed by atoms with Crippen LogP contribution in [-0.4, -0.2) is 30.6 Å². The lowest BCUT2D eigenvalue weighted by molar-refractivity contribution is 0.158. The lowest BCUT2D eigenvalue weighted by atomic mass is 9.95. The summed E-state index contributed by atoms with van der Waals surface area (Å²) in [5.41, 5.74) is 1.42. The number of benzene rings is 1. The predicted molar refractivity (Wildman–Crippen MR) is 89.1 cm³/mol. The van der Waals surface area contributed by atoms with Crippen LogP contribution in [0.4, 0.5) is 0 Å². The Morgan fingerprint density at radius 1 is 1.00 bits per heavy atom. The Bertz CT molecular complexity index is 337. The third-order valence-electron chi connectivity index (χ3n) is 3.96. The first kappa shape index (κ1) is 17.2. The fourth-order valence-electron chi connectivity index (χ4n) is 2.99. The number of hydrogen-bond donors (Lipinski definition) is 1. The molecule has 2 nitrogen and oxygen atoms in total. The highest BCUT2D eigenvalue weighted by Crippen LogP contribution is 2.23. The Balaban J connectivity index is 2.93. The van der Waals surface area contributed by atoms with Crippen LogP contribution in [0.5, 0.6) is 0 Å². The van der Waals surface area contributed by atoms with Crippen LogP contribution in [0.1, 0.15) is 58.6 Å².